The Balaban J connectivity index is 1.49. The average Bonchev–Trinajstić information content (AvgIpc) is 3.25. The zero-order chi connectivity index (χ0) is 13.1. The van der Waals surface area contributed by atoms with Gasteiger partial charge in [0.2, 0.25) is 0 Å². The number of nitrogens with zero attached hydrogens (tertiary/aromatic N) is 1. The van der Waals surface area contributed by atoms with Gasteiger partial charge in [-0.3, -0.25) is 9.11 Å². The Morgan fingerprint density at radius 3 is 2.37 bits per heavy atom. The van der Waals surface area contributed by atoms with E-state index in [2.05, 4.69) is 34.5 Å². The first kappa shape index (κ1) is 13.3. The van der Waals surface area contributed by atoms with Crippen LogP contribution in [-0.2, 0) is 23.9 Å². The van der Waals surface area contributed by atoms with Crippen LogP contribution in [0, 0.1) is 0 Å². The lowest BCUT2D eigenvalue weighted by Gasteiger charge is -2.26. The number of rotatable bonds is 5. The third-order valence-corrected chi connectivity index (χ3v) is 5.15. The van der Waals surface area contributed by atoms with Crippen LogP contribution in [0.25, 0.3) is 0 Å². The van der Waals surface area contributed by atoms with Gasteiger partial charge in [0.1, 0.15) is 0 Å². The van der Waals surface area contributed by atoms with E-state index in [1.54, 1.807) is 0 Å². The molecule has 0 radical (unpaired) electrons. The van der Waals surface area contributed by atoms with E-state index in [1.807, 2.05) is 0 Å². The fraction of sp³-hybridized carbons (Fsp3) is 0.600. The van der Waals surface area contributed by atoms with Crippen LogP contribution in [0.15, 0.2) is 24.3 Å². The zero-order valence-corrected chi connectivity index (χ0v) is 12.1. The molecule has 4 heteroatoms. The van der Waals surface area contributed by atoms with Crippen molar-refractivity contribution in [3.8, 4) is 0 Å². The summed E-state index contributed by atoms with van der Waals surface area (Å²) in [6, 6.07) is 9.69. The summed E-state index contributed by atoms with van der Waals surface area (Å²) >= 11 is 0. The molecule has 1 aliphatic carbocycles. The lowest BCUT2D eigenvalue weighted by Crippen LogP contribution is -2.37. The Kier molecular flexibility index (Phi) is 4.31. The summed E-state index contributed by atoms with van der Waals surface area (Å²) in [6.45, 7) is 3.93. The van der Waals surface area contributed by atoms with Crippen molar-refractivity contribution in [2.75, 3.05) is 24.6 Å². The highest BCUT2D eigenvalue weighted by atomic mass is 32.2. The van der Waals surface area contributed by atoms with Gasteiger partial charge in [0.15, 0.2) is 0 Å². The van der Waals surface area contributed by atoms with Crippen molar-refractivity contribution in [1.29, 1.82) is 0 Å². The number of benzene rings is 1. The molecule has 0 amide bonds. The quantitative estimate of drug-likeness (QED) is 0.886. The second-order valence-corrected chi connectivity index (χ2v) is 7.29. The molecule has 0 bridgehead atoms. The van der Waals surface area contributed by atoms with E-state index in [0.717, 1.165) is 43.7 Å². The van der Waals surface area contributed by atoms with Gasteiger partial charge in [0.25, 0.3) is 0 Å². The highest BCUT2D eigenvalue weighted by Crippen LogP contribution is 2.19. The topological polar surface area (TPSA) is 32.3 Å². The van der Waals surface area contributed by atoms with Crippen molar-refractivity contribution < 1.29 is 4.21 Å². The Labute approximate surface area is 117 Å². The first-order valence-electron chi connectivity index (χ1n) is 7.18. The molecule has 1 aromatic carbocycles. The van der Waals surface area contributed by atoms with E-state index in [9.17, 15) is 4.21 Å². The smallest absolute Gasteiger partial charge is 0.0363 e. The molecule has 1 aliphatic heterocycles. The summed E-state index contributed by atoms with van der Waals surface area (Å²) in [4.78, 5) is 2.40. The minimum absolute atomic E-state index is 0.574. The normalized spacial score (nSPS) is 21.7. The molecule has 3 nitrogen and oxygen atoms in total. The molecule has 0 atom stereocenters. The second-order valence-electron chi connectivity index (χ2n) is 5.60. The SMILES string of the molecule is O=S1CCN(Cc2ccc(CNC3CC3)cc2)CC1. The molecule has 2 fully saturated rings. The van der Waals surface area contributed by atoms with Crippen LogP contribution in [0.2, 0.25) is 0 Å². The summed E-state index contributed by atoms with van der Waals surface area (Å²) in [5, 5.41) is 3.53. The molecule has 1 saturated carbocycles. The Morgan fingerprint density at radius 2 is 1.74 bits per heavy atom. The standard InChI is InChI=1S/C15H22N2OS/c18-19-9-7-17(8-10-19)12-14-3-1-13(2-4-14)11-16-15-5-6-15/h1-4,15-16H,5-12H2. The van der Waals surface area contributed by atoms with Gasteiger partial charge in [0, 0.05) is 54.5 Å². The van der Waals surface area contributed by atoms with E-state index < -0.39 is 10.8 Å². The fourth-order valence-corrected chi connectivity index (χ4v) is 3.53. The lowest BCUT2D eigenvalue weighted by atomic mass is 10.1. The maximum atomic E-state index is 11.3. The van der Waals surface area contributed by atoms with Gasteiger partial charge in [-0.15, -0.1) is 0 Å². The fourth-order valence-electron chi connectivity index (χ4n) is 2.40. The molecule has 2 aliphatic rings. The van der Waals surface area contributed by atoms with Crippen molar-refractivity contribution in [2.24, 2.45) is 0 Å². The molecule has 0 unspecified atom stereocenters. The molecule has 1 heterocycles. The molecular weight excluding hydrogens is 256 g/mol. The van der Waals surface area contributed by atoms with Gasteiger partial charge in [0.05, 0.1) is 0 Å². The largest absolute Gasteiger partial charge is 0.310 e. The molecule has 0 spiro atoms. The summed E-state index contributed by atoms with van der Waals surface area (Å²) in [7, 11) is -0.574. The molecule has 19 heavy (non-hydrogen) atoms. The average molecular weight is 278 g/mol. The van der Waals surface area contributed by atoms with Crippen molar-refractivity contribution in [3.05, 3.63) is 35.4 Å². The number of hydrogen-bond donors (Lipinski definition) is 1. The predicted molar refractivity (Wildman–Crippen MR) is 79.5 cm³/mol. The Hall–Kier alpha value is -0.710. The van der Waals surface area contributed by atoms with Crippen molar-refractivity contribution in [3.63, 3.8) is 0 Å². The van der Waals surface area contributed by atoms with Crippen LogP contribution in [-0.4, -0.2) is 39.7 Å². The first-order valence-corrected chi connectivity index (χ1v) is 8.67. The van der Waals surface area contributed by atoms with Crippen LogP contribution in [0.4, 0.5) is 0 Å². The van der Waals surface area contributed by atoms with Crippen LogP contribution in [0.3, 0.4) is 0 Å². The third kappa shape index (κ3) is 4.13. The van der Waals surface area contributed by atoms with Crippen molar-refractivity contribution >= 4 is 10.8 Å². The van der Waals surface area contributed by atoms with Crippen molar-refractivity contribution in [2.45, 2.75) is 32.0 Å². The zero-order valence-electron chi connectivity index (χ0n) is 11.3. The van der Waals surface area contributed by atoms with Gasteiger partial charge >= 0.3 is 0 Å². The molecule has 0 aromatic heterocycles. The predicted octanol–water partition coefficient (Wildman–Crippen LogP) is 1.50. The Morgan fingerprint density at radius 1 is 1.11 bits per heavy atom. The maximum absolute atomic E-state index is 11.3. The summed E-state index contributed by atoms with van der Waals surface area (Å²) in [6.07, 6.45) is 2.68. The molecule has 1 N–H and O–H groups in total. The van der Waals surface area contributed by atoms with Gasteiger partial charge < -0.3 is 5.32 Å². The van der Waals surface area contributed by atoms with Crippen molar-refractivity contribution in [1.82, 2.24) is 10.2 Å². The highest BCUT2D eigenvalue weighted by molar-refractivity contribution is 7.85. The maximum Gasteiger partial charge on any atom is 0.0363 e. The highest BCUT2D eigenvalue weighted by Gasteiger charge is 2.19. The Bertz CT molecular complexity index is 432. The van der Waals surface area contributed by atoms with E-state index >= 15 is 0 Å². The van der Waals surface area contributed by atoms with Gasteiger partial charge in [-0.25, -0.2) is 0 Å². The minimum atomic E-state index is -0.574. The van der Waals surface area contributed by atoms with Gasteiger partial charge in [-0.1, -0.05) is 24.3 Å². The monoisotopic (exact) mass is 278 g/mol. The second kappa shape index (κ2) is 6.16. The first-order chi connectivity index (χ1) is 9.29. The molecular formula is C15H22N2OS. The van der Waals surface area contributed by atoms with E-state index in [4.69, 9.17) is 0 Å². The molecule has 104 valence electrons. The van der Waals surface area contributed by atoms with Crippen LogP contribution in [0.5, 0.6) is 0 Å². The minimum Gasteiger partial charge on any atom is -0.310 e. The van der Waals surface area contributed by atoms with Crippen LogP contribution >= 0.6 is 0 Å². The molecule has 1 aromatic rings. The van der Waals surface area contributed by atoms with Gasteiger partial charge in [-0.2, -0.15) is 0 Å². The number of hydrogen-bond acceptors (Lipinski definition) is 3. The van der Waals surface area contributed by atoms with E-state index in [1.165, 1.54) is 24.0 Å². The van der Waals surface area contributed by atoms with Crippen LogP contribution < -0.4 is 5.32 Å². The van der Waals surface area contributed by atoms with E-state index in [-0.39, 0.29) is 0 Å². The summed E-state index contributed by atoms with van der Waals surface area (Å²) in [5.41, 5.74) is 2.73. The summed E-state index contributed by atoms with van der Waals surface area (Å²) < 4.78 is 11.3. The molecule has 1 saturated heterocycles. The van der Waals surface area contributed by atoms with Gasteiger partial charge in [-0.05, 0) is 24.0 Å². The number of nitrogens with one attached hydrogen (secondary N) is 1. The third-order valence-electron chi connectivity index (χ3n) is 3.87. The lowest BCUT2D eigenvalue weighted by molar-refractivity contribution is 0.291. The molecule has 3 rings (SSSR count). The van der Waals surface area contributed by atoms with Crippen LogP contribution in [0.1, 0.15) is 24.0 Å². The van der Waals surface area contributed by atoms with E-state index in [0.29, 0.717) is 0 Å². The summed E-state index contributed by atoms with van der Waals surface area (Å²) in [5.74, 6) is 1.67.